The minimum absolute atomic E-state index is 0.791. The predicted molar refractivity (Wildman–Crippen MR) is 67.5 cm³/mol. The van der Waals surface area contributed by atoms with E-state index in [0.717, 1.165) is 44.2 Å². The van der Waals surface area contributed by atoms with Crippen molar-refractivity contribution >= 4 is 0 Å². The average molecular weight is 235 g/mol. The summed E-state index contributed by atoms with van der Waals surface area (Å²) in [7, 11) is 0. The van der Waals surface area contributed by atoms with Crippen LogP contribution in [0.1, 0.15) is 31.7 Å². The van der Waals surface area contributed by atoms with Gasteiger partial charge in [0.1, 0.15) is 0 Å². The van der Waals surface area contributed by atoms with E-state index in [0.29, 0.717) is 0 Å². The Labute approximate surface area is 103 Å². The third-order valence-corrected chi connectivity index (χ3v) is 3.06. The minimum atomic E-state index is 0.791. The van der Waals surface area contributed by atoms with Crippen LogP contribution in [0.3, 0.4) is 0 Å². The topological polar surface area (TPSA) is 41.3 Å². The highest BCUT2D eigenvalue weighted by Gasteiger charge is 2.12. The Kier molecular flexibility index (Phi) is 4.34. The van der Waals surface area contributed by atoms with Crippen LogP contribution in [0, 0.1) is 0 Å². The Bertz CT molecular complexity index is 384. The zero-order valence-electron chi connectivity index (χ0n) is 10.7. The average Bonchev–Trinajstić information content (AvgIpc) is 2.77. The molecular weight excluding hydrogens is 214 g/mol. The first-order valence-electron chi connectivity index (χ1n) is 6.31. The van der Waals surface area contributed by atoms with Gasteiger partial charge in [0.25, 0.3) is 0 Å². The molecule has 0 aliphatic carbocycles. The van der Waals surface area contributed by atoms with Gasteiger partial charge in [0.15, 0.2) is 5.76 Å². The zero-order valence-corrected chi connectivity index (χ0v) is 10.7. The summed E-state index contributed by atoms with van der Waals surface area (Å²) in [5.41, 5.74) is 2.48. The molecule has 0 saturated heterocycles. The lowest BCUT2D eigenvalue weighted by atomic mass is 10.1. The fraction of sp³-hybridized carbons (Fsp3) is 0.615. The van der Waals surface area contributed by atoms with Crippen molar-refractivity contribution in [2.24, 2.45) is 0 Å². The normalized spacial score (nSPS) is 17.2. The van der Waals surface area contributed by atoms with Crippen molar-refractivity contribution in [1.29, 1.82) is 0 Å². The zero-order chi connectivity index (χ0) is 12.1. The van der Waals surface area contributed by atoms with Crippen LogP contribution in [0.4, 0.5) is 0 Å². The Morgan fingerprint density at radius 1 is 1.53 bits per heavy atom. The Morgan fingerprint density at radius 2 is 2.41 bits per heavy atom. The number of hydrogen-bond donors (Lipinski definition) is 1. The van der Waals surface area contributed by atoms with E-state index in [1.807, 2.05) is 6.07 Å². The molecule has 0 amide bonds. The van der Waals surface area contributed by atoms with Crippen molar-refractivity contribution in [3.63, 3.8) is 0 Å². The molecule has 1 aromatic rings. The van der Waals surface area contributed by atoms with Gasteiger partial charge in [-0.25, -0.2) is 0 Å². The number of rotatable bonds is 5. The van der Waals surface area contributed by atoms with Crippen LogP contribution in [0.2, 0.25) is 0 Å². The second-order valence-electron chi connectivity index (χ2n) is 4.60. The predicted octanol–water partition coefficient (Wildman–Crippen LogP) is 1.94. The molecular formula is C13H21N3O. The fourth-order valence-corrected chi connectivity index (χ4v) is 1.94. The van der Waals surface area contributed by atoms with Gasteiger partial charge in [0.05, 0.1) is 12.2 Å². The molecule has 94 valence electrons. The van der Waals surface area contributed by atoms with Gasteiger partial charge in [0, 0.05) is 25.7 Å². The third kappa shape index (κ3) is 3.68. The third-order valence-electron chi connectivity index (χ3n) is 3.06. The molecule has 0 radical (unpaired) electrons. The summed E-state index contributed by atoms with van der Waals surface area (Å²) in [4.78, 5) is 2.38. The van der Waals surface area contributed by atoms with Crippen molar-refractivity contribution in [2.45, 2.75) is 33.4 Å². The second-order valence-corrected chi connectivity index (χ2v) is 4.60. The van der Waals surface area contributed by atoms with Gasteiger partial charge in [-0.3, -0.25) is 4.90 Å². The van der Waals surface area contributed by atoms with Gasteiger partial charge in [0.2, 0.25) is 0 Å². The molecule has 0 atom stereocenters. The summed E-state index contributed by atoms with van der Waals surface area (Å²) in [5.74, 6) is 0.964. The number of aromatic nitrogens is 1. The molecule has 0 fully saturated rings. The maximum absolute atomic E-state index is 5.34. The second kappa shape index (κ2) is 5.98. The molecule has 1 aliphatic heterocycles. The van der Waals surface area contributed by atoms with Gasteiger partial charge < -0.3 is 9.84 Å². The van der Waals surface area contributed by atoms with Crippen LogP contribution < -0.4 is 5.32 Å². The lowest BCUT2D eigenvalue weighted by Crippen LogP contribution is -2.27. The van der Waals surface area contributed by atoms with Gasteiger partial charge in [-0.15, -0.1) is 0 Å². The molecule has 1 N–H and O–H groups in total. The summed E-state index contributed by atoms with van der Waals surface area (Å²) in [6, 6.07) is 2.05. The molecule has 1 aliphatic rings. The Balaban J connectivity index is 1.84. The molecule has 17 heavy (non-hydrogen) atoms. The lowest BCUT2D eigenvalue weighted by molar-refractivity contribution is 0.245. The van der Waals surface area contributed by atoms with Crippen molar-refractivity contribution in [3.05, 3.63) is 29.2 Å². The van der Waals surface area contributed by atoms with E-state index in [2.05, 4.69) is 35.3 Å². The number of hydrogen-bond acceptors (Lipinski definition) is 4. The largest absolute Gasteiger partial charge is 0.360 e. The smallest absolute Gasteiger partial charge is 0.151 e. The summed E-state index contributed by atoms with van der Waals surface area (Å²) in [6.07, 6.45) is 3.46. The van der Waals surface area contributed by atoms with E-state index < -0.39 is 0 Å². The molecule has 4 nitrogen and oxygen atoms in total. The first-order chi connectivity index (χ1) is 8.28. The molecule has 0 saturated carbocycles. The van der Waals surface area contributed by atoms with Gasteiger partial charge in [-0.1, -0.05) is 23.7 Å². The minimum Gasteiger partial charge on any atom is -0.360 e. The maximum Gasteiger partial charge on any atom is 0.151 e. The molecule has 1 aromatic heterocycles. The fourth-order valence-electron chi connectivity index (χ4n) is 1.94. The van der Waals surface area contributed by atoms with Crippen LogP contribution in [0.5, 0.6) is 0 Å². The molecule has 2 rings (SSSR count). The van der Waals surface area contributed by atoms with Crippen LogP contribution in [-0.4, -0.2) is 29.7 Å². The van der Waals surface area contributed by atoms with Crippen LogP contribution in [0.15, 0.2) is 22.2 Å². The molecule has 0 aromatic carbocycles. The highest BCUT2D eigenvalue weighted by atomic mass is 16.5. The number of nitrogens with zero attached hydrogens (tertiary/aromatic N) is 2. The monoisotopic (exact) mass is 235 g/mol. The van der Waals surface area contributed by atoms with E-state index in [-0.39, 0.29) is 0 Å². The van der Waals surface area contributed by atoms with Crippen LogP contribution >= 0.6 is 0 Å². The standard InChI is InChI=1S/C13H21N3O/c1-3-14-9-12-8-13(17-15-12)10-16-6-4-11(2)5-7-16/h4,8,14H,3,5-7,9-10H2,1-2H3. The molecule has 0 spiro atoms. The van der Waals surface area contributed by atoms with E-state index >= 15 is 0 Å². The maximum atomic E-state index is 5.34. The van der Waals surface area contributed by atoms with Crippen LogP contribution in [0.25, 0.3) is 0 Å². The number of nitrogens with one attached hydrogen (secondary N) is 1. The SMILES string of the molecule is CCNCc1cc(CN2CC=C(C)CC2)on1. The van der Waals surface area contributed by atoms with Crippen LogP contribution in [-0.2, 0) is 13.1 Å². The van der Waals surface area contributed by atoms with Gasteiger partial charge in [-0.05, 0) is 19.9 Å². The lowest BCUT2D eigenvalue weighted by Gasteiger charge is -2.23. The summed E-state index contributed by atoms with van der Waals surface area (Å²) in [6.45, 7) is 9.03. The first-order valence-corrected chi connectivity index (χ1v) is 6.31. The highest BCUT2D eigenvalue weighted by Crippen LogP contribution is 2.13. The van der Waals surface area contributed by atoms with Crippen molar-refractivity contribution in [2.75, 3.05) is 19.6 Å². The Morgan fingerprint density at radius 3 is 3.12 bits per heavy atom. The van der Waals surface area contributed by atoms with E-state index in [1.54, 1.807) is 0 Å². The van der Waals surface area contributed by atoms with E-state index in [4.69, 9.17) is 4.52 Å². The van der Waals surface area contributed by atoms with Gasteiger partial charge >= 0.3 is 0 Å². The van der Waals surface area contributed by atoms with Gasteiger partial charge in [-0.2, -0.15) is 0 Å². The molecule has 0 unspecified atom stereocenters. The van der Waals surface area contributed by atoms with E-state index in [9.17, 15) is 0 Å². The first kappa shape index (κ1) is 12.3. The van der Waals surface area contributed by atoms with Crippen molar-refractivity contribution in [3.8, 4) is 0 Å². The van der Waals surface area contributed by atoms with Crippen molar-refractivity contribution in [1.82, 2.24) is 15.4 Å². The van der Waals surface area contributed by atoms with Crippen molar-refractivity contribution < 1.29 is 4.52 Å². The molecule has 4 heteroatoms. The summed E-state index contributed by atoms with van der Waals surface area (Å²) in [5, 5.41) is 7.30. The summed E-state index contributed by atoms with van der Waals surface area (Å²) < 4.78 is 5.34. The highest BCUT2D eigenvalue weighted by molar-refractivity contribution is 5.08. The van der Waals surface area contributed by atoms with E-state index in [1.165, 1.54) is 12.0 Å². The Hall–Kier alpha value is -1.13. The quantitative estimate of drug-likeness (QED) is 0.792. The molecule has 2 heterocycles. The molecule has 0 bridgehead atoms. The summed E-state index contributed by atoms with van der Waals surface area (Å²) >= 11 is 0.